The first-order chi connectivity index (χ1) is 14.0. The number of carbonyl (C=O) groups excluding carboxylic acids is 3. The van der Waals surface area contributed by atoms with E-state index in [4.69, 9.17) is 16.3 Å². The summed E-state index contributed by atoms with van der Waals surface area (Å²) in [7, 11) is 0. The van der Waals surface area contributed by atoms with Crippen molar-refractivity contribution in [3.63, 3.8) is 0 Å². The Hall–Kier alpha value is -3.51. The molecule has 1 aromatic heterocycles. The van der Waals surface area contributed by atoms with E-state index < -0.39 is 17.8 Å². The van der Waals surface area contributed by atoms with Crippen molar-refractivity contribution in [2.24, 2.45) is 0 Å². The molecule has 29 heavy (non-hydrogen) atoms. The molecule has 4 rings (SSSR count). The minimum atomic E-state index is -0.626. The van der Waals surface area contributed by atoms with Crippen LogP contribution in [0, 0.1) is 0 Å². The summed E-state index contributed by atoms with van der Waals surface area (Å²) in [6.07, 6.45) is 1.47. The van der Waals surface area contributed by atoms with Gasteiger partial charge in [0.1, 0.15) is 11.8 Å². The van der Waals surface area contributed by atoms with Crippen LogP contribution in [0.4, 0.5) is 0 Å². The first kappa shape index (κ1) is 18.8. The van der Waals surface area contributed by atoms with E-state index in [9.17, 15) is 14.4 Å². The second-order valence-corrected chi connectivity index (χ2v) is 6.84. The Morgan fingerprint density at radius 3 is 2.66 bits per heavy atom. The van der Waals surface area contributed by atoms with E-state index >= 15 is 0 Å². The van der Waals surface area contributed by atoms with Crippen LogP contribution in [0.15, 0.2) is 61.2 Å². The van der Waals surface area contributed by atoms with Crippen molar-refractivity contribution < 1.29 is 19.1 Å². The molecule has 1 aliphatic rings. The van der Waals surface area contributed by atoms with Crippen LogP contribution in [0.2, 0.25) is 5.15 Å². The van der Waals surface area contributed by atoms with E-state index in [-0.39, 0.29) is 35.0 Å². The minimum absolute atomic E-state index is 0.0674. The maximum Gasteiger partial charge on any atom is 0.338 e. The summed E-state index contributed by atoms with van der Waals surface area (Å²) in [6.45, 7) is 3.59. The number of carbonyl (C=O) groups is 3. The van der Waals surface area contributed by atoms with E-state index in [0.29, 0.717) is 5.56 Å². The van der Waals surface area contributed by atoms with E-state index in [2.05, 4.69) is 11.6 Å². The number of para-hydroxylation sites is 1. The Morgan fingerprint density at radius 2 is 1.86 bits per heavy atom. The number of halogens is 1. The molecule has 0 saturated heterocycles. The molecule has 0 atom stereocenters. The number of fused-ring (bicyclic) bond motifs is 2. The Balaban J connectivity index is 1.53. The number of nitrogens with zero attached hydrogens (tertiary/aromatic N) is 2. The lowest BCUT2D eigenvalue weighted by Gasteiger charge is -2.09. The number of esters is 1. The highest BCUT2D eigenvalue weighted by Crippen LogP contribution is 2.25. The summed E-state index contributed by atoms with van der Waals surface area (Å²) in [5.74, 6) is -1.49. The van der Waals surface area contributed by atoms with Gasteiger partial charge in [-0.1, -0.05) is 35.9 Å². The highest BCUT2D eigenvalue weighted by molar-refractivity contribution is 6.30. The Labute approximate surface area is 171 Å². The van der Waals surface area contributed by atoms with Crippen LogP contribution < -0.4 is 0 Å². The van der Waals surface area contributed by atoms with Crippen LogP contribution in [-0.4, -0.2) is 34.2 Å². The number of pyridine rings is 1. The number of aromatic nitrogens is 1. The second kappa shape index (κ2) is 7.48. The molecular weight excluding hydrogens is 392 g/mol. The fourth-order valence-corrected chi connectivity index (χ4v) is 3.38. The molecule has 0 spiro atoms. The van der Waals surface area contributed by atoms with Crippen LogP contribution in [0.1, 0.15) is 36.6 Å². The average molecular weight is 407 g/mol. The van der Waals surface area contributed by atoms with E-state index in [1.807, 2.05) is 30.3 Å². The van der Waals surface area contributed by atoms with Crippen LogP contribution in [0.3, 0.4) is 0 Å². The molecule has 0 radical (unpaired) electrons. The lowest BCUT2D eigenvalue weighted by Crippen LogP contribution is -2.29. The topological polar surface area (TPSA) is 76.6 Å². The third-order valence-corrected chi connectivity index (χ3v) is 4.95. The summed E-state index contributed by atoms with van der Waals surface area (Å²) >= 11 is 6.19. The predicted molar refractivity (Wildman–Crippen MR) is 108 cm³/mol. The summed E-state index contributed by atoms with van der Waals surface area (Å²) < 4.78 is 5.35. The van der Waals surface area contributed by atoms with Crippen LogP contribution >= 0.6 is 11.6 Å². The van der Waals surface area contributed by atoms with Gasteiger partial charge in [-0.3, -0.25) is 14.5 Å². The molecular formula is C22H15ClN2O4. The summed E-state index contributed by atoms with van der Waals surface area (Å²) in [5, 5.41) is 1.14. The minimum Gasteiger partial charge on any atom is -0.457 e. The molecule has 2 heterocycles. The number of ether oxygens (including phenoxy) is 1. The van der Waals surface area contributed by atoms with Gasteiger partial charge in [0.25, 0.3) is 11.8 Å². The van der Waals surface area contributed by atoms with Gasteiger partial charge in [0.2, 0.25) is 0 Å². The highest BCUT2D eigenvalue weighted by atomic mass is 35.5. The van der Waals surface area contributed by atoms with Crippen molar-refractivity contribution in [1.82, 2.24) is 9.88 Å². The molecule has 6 nitrogen and oxygen atoms in total. The summed E-state index contributed by atoms with van der Waals surface area (Å²) in [4.78, 5) is 42.5. The zero-order chi connectivity index (χ0) is 20.5. The molecule has 0 saturated carbocycles. The molecule has 2 aromatic carbocycles. The Kier molecular flexibility index (Phi) is 4.86. The van der Waals surface area contributed by atoms with Crippen LogP contribution in [0.5, 0.6) is 0 Å². The van der Waals surface area contributed by atoms with Gasteiger partial charge >= 0.3 is 5.97 Å². The standard InChI is InChI=1S/C22H15ClN2O4/c1-2-9-25-20(26)16-8-7-14(11-17(16)21(25)27)22(28)29-12-15-10-13-5-3-4-6-18(13)24-19(15)23/h2-8,10-11H,1,9,12H2. The van der Waals surface area contributed by atoms with Crippen molar-refractivity contribution in [3.8, 4) is 0 Å². The molecule has 0 bridgehead atoms. The van der Waals surface area contributed by atoms with Crippen molar-refractivity contribution in [3.05, 3.63) is 88.6 Å². The number of benzene rings is 2. The lowest BCUT2D eigenvalue weighted by molar-refractivity contribution is 0.0472. The highest BCUT2D eigenvalue weighted by Gasteiger charge is 2.35. The number of amides is 2. The predicted octanol–water partition coefficient (Wildman–Crippen LogP) is 4.03. The SMILES string of the molecule is C=CCN1C(=O)c2ccc(C(=O)OCc3cc4ccccc4nc3Cl)cc2C1=O. The third-order valence-electron chi connectivity index (χ3n) is 4.63. The fraction of sp³-hybridized carbons (Fsp3) is 0.0909. The lowest BCUT2D eigenvalue weighted by atomic mass is 10.1. The molecule has 0 N–H and O–H groups in total. The fourth-order valence-electron chi connectivity index (χ4n) is 3.18. The monoisotopic (exact) mass is 406 g/mol. The van der Waals surface area contributed by atoms with Gasteiger partial charge in [-0.2, -0.15) is 0 Å². The van der Waals surface area contributed by atoms with Crippen molar-refractivity contribution in [1.29, 1.82) is 0 Å². The Morgan fingerprint density at radius 1 is 1.10 bits per heavy atom. The first-order valence-electron chi connectivity index (χ1n) is 8.82. The molecule has 0 fully saturated rings. The normalized spacial score (nSPS) is 12.9. The molecule has 0 unspecified atom stereocenters. The summed E-state index contributed by atoms with van der Waals surface area (Å²) in [5.41, 5.74) is 1.93. The molecule has 3 aromatic rings. The zero-order valence-electron chi connectivity index (χ0n) is 15.2. The molecule has 0 aliphatic carbocycles. The molecule has 7 heteroatoms. The maximum absolute atomic E-state index is 12.5. The number of hydrogen-bond acceptors (Lipinski definition) is 5. The summed E-state index contributed by atoms with van der Waals surface area (Å²) in [6, 6.07) is 13.6. The average Bonchev–Trinajstić information content (AvgIpc) is 2.96. The van der Waals surface area contributed by atoms with E-state index in [0.717, 1.165) is 15.8 Å². The number of hydrogen-bond donors (Lipinski definition) is 0. The van der Waals surface area contributed by atoms with Gasteiger partial charge in [-0.05, 0) is 30.3 Å². The van der Waals surface area contributed by atoms with Gasteiger partial charge in [0.15, 0.2) is 0 Å². The Bertz CT molecular complexity index is 1190. The van der Waals surface area contributed by atoms with Gasteiger partial charge < -0.3 is 4.74 Å². The van der Waals surface area contributed by atoms with Gasteiger partial charge in [0, 0.05) is 17.5 Å². The smallest absolute Gasteiger partial charge is 0.338 e. The van der Waals surface area contributed by atoms with E-state index in [1.54, 1.807) is 0 Å². The third kappa shape index (κ3) is 3.39. The van der Waals surface area contributed by atoms with Crippen molar-refractivity contribution in [2.75, 3.05) is 6.54 Å². The second-order valence-electron chi connectivity index (χ2n) is 6.48. The largest absolute Gasteiger partial charge is 0.457 e. The van der Waals surface area contributed by atoms with Gasteiger partial charge in [0.05, 0.1) is 22.2 Å². The zero-order valence-corrected chi connectivity index (χ0v) is 16.0. The van der Waals surface area contributed by atoms with Gasteiger partial charge in [-0.15, -0.1) is 6.58 Å². The molecule has 1 aliphatic heterocycles. The van der Waals surface area contributed by atoms with Crippen LogP contribution in [-0.2, 0) is 11.3 Å². The first-order valence-corrected chi connectivity index (χ1v) is 9.20. The van der Waals surface area contributed by atoms with Crippen molar-refractivity contribution in [2.45, 2.75) is 6.61 Å². The maximum atomic E-state index is 12.5. The molecule has 2 amide bonds. The van der Waals surface area contributed by atoms with Crippen molar-refractivity contribution >= 4 is 40.3 Å². The van der Waals surface area contributed by atoms with E-state index in [1.165, 1.54) is 24.3 Å². The van der Waals surface area contributed by atoms with Crippen LogP contribution in [0.25, 0.3) is 10.9 Å². The molecule has 144 valence electrons. The number of imide groups is 1. The van der Waals surface area contributed by atoms with Gasteiger partial charge in [-0.25, -0.2) is 9.78 Å². The number of rotatable bonds is 5. The quantitative estimate of drug-likeness (QED) is 0.277.